The Morgan fingerprint density at radius 2 is 1.89 bits per heavy atom. The van der Waals surface area contributed by atoms with E-state index in [0.29, 0.717) is 23.5 Å². The average molecular weight is 391 g/mol. The average Bonchev–Trinajstić information content (AvgIpc) is 2.59. The number of hydrogen-bond acceptors (Lipinski definition) is 4. The van der Waals surface area contributed by atoms with Gasteiger partial charge in [-0.15, -0.1) is 0 Å². The highest BCUT2D eigenvalue weighted by Gasteiger charge is 2.20. The van der Waals surface area contributed by atoms with Gasteiger partial charge < -0.3 is 10.1 Å². The van der Waals surface area contributed by atoms with Gasteiger partial charge in [0.2, 0.25) is 10.0 Å². The van der Waals surface area contributed by atoms with Crippen molar-refractivity contribution in [2.75, 3.05) is 22.9 Å². The minimum atomic E-state index is -3.38. The molecule has 0 radical (unpaired) electrons. The van der Waals surface area contributed by atoms with Gasteiger partial charge in [-0.05, 0) is 50.1 Å². The topological polar surface area (TPSA) is 75.7 Å². The van der Waals surface area contributed by atoms with Gasteiger partial charge in [-0.25, -0.2) is 8.42 Å². The molecular formula is C20H26N2O4S. The molecule has 0 heterocycles. The Labute approximate surface area is 161 Å². The molecule has 6 nitrogen and oxygen atoms in total. The van der Waals surface area contributed by atoms with Crippen molar-refractivity contribution < 1.29 is 17.9 Å². The third kappa shape index (κ3) is 5.47. The van der Waals surface area contributed by atoms with Gasteiger partial charge in [0.15, 0.2) is 6.10 Å². The predicted molar refractivity (Wildman–Crippen MR) is 109 cm³/mol. The third-order valence-electron chi connectivity index (χ3n) is 4.24. The molecule has 0 saturated carbocycles. The minimum absolute atomic E-state index is 0.281. The van der Waals surface area contributed by atoms with Crippen molar-refractivity contribution >= 4 is 27.3 Å². The van der Waals surface area contributed by atoms with Crippen LogP contribution in [0.25, 0.3) is 0 Å². The number of benzene rings is 2. The van der Waals surface area contributed by atoms with Crippen LogP contribution in [0.4, 0.5) is 11.4 Å². The van der Waals surface area contributed by atoms with E-state index in [9.17, 15) is 13.2 Å². The molecule has 0 aromatic heterocycles. The van der Waals surface area contributed by atoms with Gasteiger partial charge in [0.25, 0.3) is 5.91 Å². The first kappa shape index (κ1) is 20.8. The lowest BCUT2D eigenvalue weighted by molar-refractivity contribution is -0.122. The number of nitrogens with one attached hydrogen (secondary N) is 1. The van der Waals surface area contributed by atoms with E-state index in [-0.39, 0.29) is 5.91 Å². The van der Waals surface area contributed by atoms with Crippen LogP contribution in [0.2, 0.25) is 0 Å². The second kappa shape index (κ2) is 8.43. The van der Waals surface area contributed by atoms with Gasteiger partial charge >= 0.3 is 0 Å². The molecule has 0 bridgehead atoms. The molecule has 0 aliphatic rings. The molecule has 1 N–H and O–H groups in total. The van der Waals surface area contributed by atoms with Crippen LogP contribution in [-0.4, -0.2) is 33.7 Å². The van der Waals surface area contributed by atoms with E-state index in [4.69, 9.17) is 4.74 Å². The molecule has 2 aromatic rings. The summed E-state index contributed by atoms with van der Waals surface area (Å²) >= 11 is 0. The maximum absolute atomic E-state index is 12.6. The zero-order valence-corrected chi connectivity index (χ0v) is 17.1. The number of ether oxygens (including phenoxy) is 1. The van der Waals surface area contributed by atoms with Crippen molar-refractivity contribution in [1.29, 1.82) is 0 Å². The fourth-order valence-corrected chi connectivity index (χ4v) is 3.10. The van der Waals surface area contributed by atoms with Crippen LogP contribution >= 0.6 is 0 Å². The van der Waals surface area contributed by atoms with Crippen LogP contribution in [0.15, 0.2) is 42.5 Å². The lowest BCUT2D eigenvalue weighted by Gasteiger charge is -2.20. The van der Waals surface area contributed by atoms with Gasteiger partial charge in [0.1, 0.15) is 5.75 Å². The summed E-state index contributed by atoms with van der Waals surface area (Å²) in [6.07, 6.45) is 0.980. The van der Waals surface area contributed by atoms with Crippen LogP contribution < -0.4 is 14.4 Å². The summed E-state index contributed by atoms with van der Waals surface area (Å²) < 4.78 is 30.5. The van der Waals surface area contributed by atoms with Crippen LogP contribution in [-0.2, 0) is 14.8 Å². The number of hydrogen-bond donors (Lipinski definition) is 1. The van der Waals surface area contributed by atoms with Gasteiger partial charge in [0, 0.05) is 12.7 Å². The van der Waals surface area contributed by atoms with Crippen LogP contribution in [0.5, 0.6) is 5.75 Å². The van der Waals surface area contributed by atoms with E-state index in [1.807, 2.05) is 39.0 Å². The molecule has 2 rings (SSSR count). The largest absolute Gasteiger partial charge is 0.480 e. The van der Waals surface area contributed by atoms with E-state index >= 15 is 0 Å². The summed E-state index contributed by atoms with van der Waals surface area (Å²) in [5.74, 6) is 0.393. The zero-order chi connectivity index (χ0) is 20.2. The third-order valence-corrected chi connectivity index (χ3v) is 5.44. The monoisotopic (exact) mass is 390 g/mol. The Morgan fingerprint density at radius 1 is 1.19 bits per heavy atom. The number of rotatable bonds is 7. The van der Waals surface area contributed by atoms with Gasteiger partial charge in [-0.3, -0.25) is 9.10 Å². The predicted octanol–water partition coefficient (Wildman–Crippen LogP) is 3.50. The summed E-state index contributed by atoms with van der Waals surface area (Å²) in [6.45, 7) is 5.82. The van der Waals surface area contributed by atoms with Crippen molar-refractivity contribution in [2.45, 2.75) is 33.3 Å². The highest BCUT2D eigenvalue weighted by atomic mass is 32.2. The number of carbonyl (C=O) groups is 1. The molecule has 1 atom stereocenters. The van der Waals surface area contributed by atoms with Crippen molar-refractivity contribution in [2.24, 2.45) is 0 Å². The maximum Gasteiger partial charge on any atom is 0.265 e. The molecule has 0 aliphatic heterocycles. The molecule has 27 heavy (non-hydrogen) atoms. The minimum Gasteiger partial charge on any atom is -0.480 e. The lowest BCUT2D eigenvalue weighted by Crippen LogP contribution is -2.32. The van der Waals surface area contributed by atoms with Crippen molar-refractivity contribution in [3.8, 4) is 5.75 Å². The number of aryl methyl sites for hydroxylation is 2. The summed E-state index contributed by atoms with van der Waals surface area (Å²) in [7, 11) is -1.91. The Balaban J connectivity index is 2.15. The Bertz CT molecular complexity index is 925. The quantitative estimate of drug-likeness (QED) is 0.785. The molecule has 0 saturated heterocycles. The fourth-order valence-electron chi connectivity index (χ4n) is 2.60. The normalized spacial score (nSPS) is 12.3. The van der Waals surface area contributed by atoms with Crippen LogP contribution in [0.3, 0.4) is 0 Å². The molecule has 0 spiro atoms. The van der Waals surface area contributed by atoms with E-state index < -0.39 is 16.1 Å². The van der Waals surface area contributed by atoms with Gasteiger partial charge in [0.05, 0.1) is 11.9 Å². The standard InChI is InChI=1S/C20H26N2O4S/c1-6-18(26-19-11-10-14(2)12-15(19)3)20(23)21-16-8-7-9-17(13-16)22(4)27(5,24)25/h7-13,18H,6H2,1-5H3,(H,21,23)/t18-/m1/s1. The second-order valence-corrected chi connectivity index (χ2v) is 8.57. The summed E-state index contributed by atoms with van der Waals surface area (Å²) in [4.78, 5) is 12.6. The first-order valence-corrected chi connectivity index (χ1v) is 10.6. The van der Waals surface area contributed by atoms with Gasteiger partial charge in [-0.1, -0.05) is 30.7 Å². The van der Waals surface area contributed by atoms with Crippen LogP contribution in [0, 0.1) is 13.8 Å². The SMILES string of the molecule is CC[C@@H](Oc1ccc(C)cc1C)C(=O)Nc1cccc(N(C)S(C)(=O)=O)c1. The van der Waals surface area contributed by atoms with E-state index in [2.05, 4.69) is 5.32 Å². The number of nitrogens with zero attached hydrogens (tertiary/aromatic N) is 1. The molecule has 0 fully saturated rings. The molecule has 7 heteroatoms. The summed E-state index contributed by atoms with van der Waals surface area (Å²) in [5.41, 5.74) is 3.08. The number of carbonyl (C=O) groups excluding carboxylic acids is 1. The Morgan fingerprint density at radius 3 is 2.48 bits per heavy atom. The molecule has 0 unspecified atom stereocenters. The molecular weight excluding hydrogens is 364 g/mol. The highest BCUT2D eigenvalue weighted by molar-refractivity contribution is 7.92. The fraction of sp³-hybridized carbons (Fsp3) is 0.350. The van der Waals surface area contributed by atoms with Crippen molar-refractivity contribution in [1.82, 2.24) is 0 Å². The molecule has 0 aliphatic carbocycles. The first-order valence-electron chi connectivity index (χ1n) is 8.70. The van der Waals surface area contributed by atoms with E-state index in [1.54, 1.807) is 24.3 Å². The summed E-state index contributed by atoms with van der Waals surface area (Å²) in [6, 6.07) is 12.5. The number of amides is 1. The molecule has 1 amide bonds. The van der Waals surface area contributed by atoms with Gasteiger partial charge in [-0.2, -0.15) is 0 Å². The summed E-state index contributed by atoms with van der Waals surface area (Å²) in [5, 5.41) is 2.81. The van der Waals surface area contributed by atoms with E-state index in [0.717, 1.165) is 21.7 Å². The Kier molecular flexibility index (Phi) is 6.49. The lowest BCUT2D eigenvalue weighted by atomic mass is 10.1. The first-order chi connectivity index (χ1) is 12.6. The number of sulfonamides is 1. The van der Waals surface area contributed by atoms with Crippen LogP contribution in [0.1, 0.15) is 24.5 Å². The molecule has 146 valence electrons. The zero-order valence-electron chi connectivity index (χ0n) is 16.3. The highest BCUT2D eigenvalue weighted by Crippen LogP contribution is 2.23. The smallest absolute Gasteiger partial charge is 0.265 e. The second-order valence-electron chi connectivity index (χ2n) is 6.55. The maximum atomic E-state index is 12.6. The number of anilines is 2. The van der Waals surface area contributed by atoms with Crippen molar-refractivity contribution in [3.63, 3.8) is 0 Å². The van der Waals surface area contributed by atoms with Crippen molar-refractivity contribution in [3.05, 3.63) is 53.6 Å². The van der Waals surface area contributed by atoms with E-state index in [1.165, 1.54) is 7.05 Å². The molecule has 2 aromatic carbocycles. The Hall–Kier alpha value is -2.54.